The van der Waals surface area contributed by atoms with Gasteiger partial charge in [0, 0.05) is 24.1 Å². The molecule has 1 heterocycles. The molecule has 12 heteroatoms. The van der Waals surface area contributed by atoms with Crippen LogP contribution in [0.25, 0.3) is 0 Å². The Labute approximate surface area is 167 Å². The Morgan fingerprint density at radius 3 is 2.43 bits per heavy atom. The van der Waals surface area contributed by atoms with Crippen molar-refractivity contribution in [1.82, 2.24) is 25.9 Å². The normalized spacial score (nSPS) is 14.0. The fourth-order valence-corrected chi connectivity index (χ4v) is 2.48. The lowest BCUT2D eigenvalue weighted by molar-refractivity contribution is -0.141. The second kappa shape index (κ2) is 11.3. The van der Waals surface area contributed by atoms with Crippen LogP contribution in [0.15, 0.2) is 12.5 Å². The van der Waals surface area contributed by atoms with Crippen LogP contribution in [0.5, 0.6) is 0 Å². The topological polar surface area (TPSA) is 179 Å². The van der Waals surface area contributed by atoms with Crippen molar-refractivity contribution in [2.45, 2.75) is 38.4 Å². The molecular formula is C16H26N6O5S. The zero-order valence-electron chi connectivity index (χ0n) is 15.6. The zero-order valence-corrected chi connectivity index (χ0v) is 16.5. The van der Waals surface area contributed by atoms with E-state index in [0.29, 0.717) is 5.69 Å². The van der Waals surface area contributed by atoms with Gasteiger partial charge < -0.3 is 31.8 Å². The molecule has 3 unspecified atom stereocenters. The molecule has 1 rings (SSSR count). The van der Waals surface area contributed by atoms with E-state index in [0.717, 1.165) is 0 Å². The molecule has 1 aromatic rings. The number of amides is 3. The molecule has 0 aliphatic rings. The van der Waals surface area contributed by atoms with Gasteiger partial charge >= 0.3 is 5.97 Å². The van der Waals surface area contributed by atoms with Crippen LogP contribution in [0.1, 0.15) is 19.5 Å². The number of rotatable bonds is 11. The minimum atomic E-state index is -1.23. The Morgan fingerprint density at radius 1 is 1.25 bits per heavy atom. The molecule has 0 radical (unpaired) electrons. The largest absolute Gasteiger partial charge is 0.480 e. The summed E-state index contributed by atoms with van der Waals surface area (Å²) in [6.45, 7) is 3.02. The molecule has 0 spiro atoms. The lowest BCUT2D eigenvalue weighted by atomic mass is 10.0. The predicted molar refractivity (Wildman–Crippen MR) is 103 cm³/mol. The van der Waals surface area contributed by atoms with Gasteiger partial charge in [0.05, 0.1) is 18.9 Å². The van der Waals surface area contributed by atoms with Crippen molar-refractivity contribution in [3.05, 3.63) is 18.2 Å². The minimum absolute atomic E-state index is 0.0894. The summed E-state index contributed by atoms with van der Waals surface area (Å²) in [6, 6.07) is -2.95. The molecule has 1 aromatic heterocycles. The summed E-state index contributed by atoms with van der Waals surface area (Å²) < 4.78 is 0. The molecule has 0 fully saturated rings. The van der Waals surface area contributed by atoms with Gasteiger partial charge in [-0.3, -0.25) is 14.4 Å². The van der Waals surface area contributed by atoms with Gasteiger partial charge in [0.2, 0.25) is 17.7 Å². The number of aliphatic carboxylic acids is 1. The van der Waals surface area contributed by atoms with E-state index < -0.39 is 48.4 Å². The second-order valence-electron chi connectivity index (χ2n) is 6.48. The van der Waals surface area contributed by atoms with Crippen LogP contribution in [0.2, 0.25) is 0 Å². The molecule has 0 aliphatic carbocycles. The Bertz CT molecular complexity index is 681. The number of imidazole rings is 1. The fourth-order valence-electron chi connectivity index (χ4n) is 2.23. The molecule has 3 atom stereocenters. The summed E-state index contributed by atoms with van der Waals surface area (Å²) in [7, 11) is 0. The van der Waals surface area contributed by atoms with Crippen LogP contribution in [0, 0.1) is 5.92 Å². The number of carboxylic acids is 1. The molecule has 0 saturated heterocycles. The number of carbonyl (C=O) groups excluding carboxylic acids is 3. The van der Waals surface area contributed by atoms with E-state index in [4.69, 9.17) is 10.8 Å². The van der Waals surface area contributed by atoms with E-state index in [-0.39, 0.29) is 18.1 Å². The van der Waals surface area contributed by atoms with E-state index >= 15 is 0 Å². The number of carboxylic acid groups (broad SMARTS) is 1. The van der Waals surface area contributed by atoms with Crippen molar-refractivity contribution in [3.8, 4) is 0 Å². The number of nitrogens with one attached hydrogen (secondary N) is 4. The van der Waals surface area contributed by atoms with E-state index in [1.165, 1.54) is 6.33 Å². The highest BCUT2D eigenvalue weighted by Gasteiger charge is 2.27. The number of nitrogens with zero attached hydrogens (tertiary/aromatic N) is 1. The van der Waals surface area contributed by atoms with Gasteiger partial charge in [-0.15, -0.1) is 0 Å². The van der Waals surface area contributed by atoms with Crippen LogP contribution in [0.4, 0.5) is 0 Å². The third-order valence-corrected chi connectivity index (χ3v) is 4.18. The summed E-state index contributed by atoms with van der Waals surface area (Å²) in [5, 5.41) is 16.1. The Hall–Kier alpha value is -2.60. The number of aromatic nitrogens is 2. The smallest absolute Gasteiger partial charge is 0.327 e. The van der Waals surface area contributed by atoms with E-state index in [1.807, 2.05) is 0 Å². The average Bonchev–Trinajstić information content (AvgIpc) is 3.14. The maximum absolute atomic E-state index is 12.4. The highest BCUT2D eigenvalue weighted by molar-refractivity contribution is 7.80. The summed E-state index contributed by atoms with van der Waals surface area (Å²) in [5.74, 6) is -3.37. The van der Waals surface area contributed by atoms with Gasteiger partial charge in [-0.25, -0.2) is 9.78 Å². The Morgan fingerprint density at radius 2 is 1.93 bits per heavy atom. The van der Waals surface area contributed by atoms with Gasteiger partial charge in [0.25, 0.3) is 0 Å². The van der Waals surface area contributed by atoms with Crippen LogP contribution < -0.4 is 21.7 Å². The monoisotopic (exact) mass is 414 g/mol. The predicted octanol–water partition coefficient (Wildman–Crippen LogP) is -1.96. The Kier molecular flexibility index (Phi) is 9.45. The first-order valence-corrected chi connectivity index (χ1v) is 9.22. The third kappa shape index (κ3) is 7.56. The van der Waals surface area contributed by atoms with Crippen molar-refractivity contribution >= 4 is 36.3 Å². The highest BCUT2D eigenvalue weighted by Crippen LogP contribution is 2.04. The number of aromatic amines is 1. The quantitative estimate of drug-likeness (QED) is 0.205. The summed E-state index contributed by atoms with van der Waals surface area (Å²) >= 11 is 3.84. The summed E-state index contributed by atoms with van der Waals surface area (Å²) in [6.07, 6.45) is 3.24. The SMILES string of the molecule is CC(C)C(NC(=O)C(N)Cc1cnc[nH]1)C(=O)NCC(=O)NC(CS)C(=O)O. The minimum Gasteiger partial charge on any atom is -0.480 e. The zero-order chi connectivity index (χ0) is 21.3. The molecule has 0 aromatic carbocycles. The van der Waals surface area contributed by atoms with Crippen molar-refractivity contribution in [1.29, 1.82) is 0 Å². The van der Waals surface area contributed by atoms with Crippen molar-refractivity contribution in [3.63, 3.8) is 0 Å². The van der Waals surface area contributed by atoms with Crippen LogP contribution >= 0.6 is 12.6 Å². The molecule has 3 amide bonds. The third-order valence-electron chi connectivity index (χ3n) is 3.82. The van der Waals surface area contributed by atoms with Crippen LogP contribution in [-0.2, 0) is 25.6 Å². The lowest BCUT2D eigenvalue weighted by Crippen LogP contribution is -2.55. The average molecular weight is 414 g/mol. The van der Waals surface area contributed by atoms with Gasteiger partial charge in [-0.2, -0.15) is 12.6 Å². The molecular weight excluding hydrogens is 388 g/mol. The number of nitrogens with two attached hydrogens (primary N) is 1. The molecule has 7 N–H and O–H groups in total. The van der Waals surface area contributed by atoms with Gasteiger partial charge in [0.1, 0.15) is 12.1 Å². The number of carbonyl (C=O) groups is 4. The number of hydrogen-bond donors (Lipinski definition) is 7. The second-order valence-corrected chi connectivity index (χ2v) is 6.84. The molecule has 0 bridgehead atoms. The first-order valence-electron chi connectivity index (χ1n) is 8.59. The van der Waals surface area contributed by atoms with Crippen molar-refractivity contribution in [2.75, 3.05) is 12.3 Å². The number of H-pyrrole nitrogens is 1. The van der Waals surface area contributed by atoms with Crippen LogP contribution in [0.3, 0.4) is 0 Å². The molecule has 11 nitrogen and oxygen atoms in total. The maximum Gasteiger partial charge on any atom is 0.327 e. The van der Waals surface area contributed by atoms with E-state index in [2.05, 4.69) is 38.5 Å². The first kappa shape index (κ1) is 23.4. The fraction of sp³-hybridized carbons (Fsp3) is 0.562. The van der Waals surface area contributed by atoms with Gasteiger partial charge in [-0.05, 0) is 5.92 Å². The lowest BCUT2D eigenvalue weighted by Gasteiger charge is -2.23. The summed E-state index contributed by atoms with van der Waals surface area (Å²) in [4.78, 5) is 54.0. The maximum atomic E-state index is 12.4. The standard InChI is InChI=1S/C16H26N6O5S/c1-8(2)13(22-14(24)10(17)3-9-4-18-7-20-9)15(25)19-5-12(23)21-11(6-28)16(26)27/h4,7-8,10-11,13,28H,3,5-6,17H2,1-2H3,(H,18,20)(H,19,25)(H,21,23)(H,22,24)(H,26,27). The molecule has 156 valence electrons. The first-order chi connectivity index (χ1) is 13.1. The molecule has 0 aliphatic heterocycles. The van der Waals surface area contributed by atoms with Gasteiger partial charge in [-0.1, -0.05) is 13.8 Å². The number of hydrogen-bond acceptors (Lipinski definition) is 7. The van der Waals surface area contributed by atoms with E-state index in [9.17, 15) is 19.2 Å². The van der Waals surface area contributed by atoms with Crippen molar-refractivity contribution in [2.24, 2.45) is 11.7 Å². The summed E-state index contributed by atoms with van der Waals surface area (Å²) in [5.41, 5.74) is 6.54. The molecule has 0 saturated carbocycles. The molecule has 28 heavy (non-hydrogen) atoms. The van der Waals surface area contributed by atoms with Gasteiger partial charge in [0.15, 0.2) is 0 Å². The Balaban J connectivity index is 2.57. The van der Waals surface area contributed by atoms with Crippen molar-refractivity contribution < 1.29 is 24.3 Å². The highest BCUT2D eigenvalue weighted by atomic mass is 32.1. The number of thiol groups is 1. The van der Waals surface area contributed by atoms with Crippen LogP contribution in [-0.4, -0.2) is 69.2 Å². The van der Waals surface area contributed by atoms with E-state index in [1.54, 1.807) is 20.0 Å².